The summed E-state index contributed by atoms with van der Waals surface area (Å²) in [7, 11) is 1.42. The van der Waals surface area contributed by atoms with Crippen LogP contribution in [0.5, 0.6) is 0 Å². The summed E-state index contributed by atoms with van der Waals surface area (Å²) in [5, 5.41) is 11.0. The Morgan fingerprint density at radius 2 is 1.63 bits per heavy atom. The lowest BCUT2D eigenvalue weighted by Gasteiger charge is -2.17. The van der Waals surface area contributed by atoms with Gasteiger partial charge in [0, 0.05) is 32.5 Å². The Morgan fingerprint density at radius 3 is 2.23 bits per heavy atom. The summed E-state index contributed by atoms with van der Waals surface area (Å²) in [6.45, 7) is -0.0967. The lowest BCUT2D eigenvalue weighted by molar-refractivity contribution is -0.137. The summed E-state index contributed by atoms with van der Waals surface area (Å²) in [6, 6.07) is 15.8. The molecule has 7 nitrogen and oxygen atoms in total. The molecule has 0 saturated heterocycles. The topological polar surface area (TPSA) is 95.9 Å². The van der Waals surface area contributed by atoms with E-state index in [4.69, 9.17) is 9.84 Å². The fourth-order valence-electron chi connectivity index (χ4n) is 4.80. The molecule has 0 heterocycles. The van der Waals surface area contributed by atoms with Gasteiger partial charge in [0.25, 0.3) is 5.92 Å². The van der Waals surface area contributed by atoms with E-state index >= 15 is 0 Å². The number of carboxylic acids is 1. The maximum atomic E-state index is 14.3. The van der Waals surface area contributed by atoms with Crippen molar-refractivity contribution in [1.29, 1.82) is 0 Å². The highest BCUT2D eigenvalue weighted by molar-refractivity contribution is 5.84. The van der Waals surface area contributed by atoms with Crippen LogP contribution in [0.2, 0.25) is 0 Å². The third-order valence-electron chi connectivity index (χ3n) is 6.79. The van der Waals surface area contributed by atoms with Crippen molar-refractivity contribution in [2.45, 2.75) is 31.1 Å². The van der Waals surface area contributed by atoms with E-state index in [0.29, 0.717) is 12.8 Å². The minimum Gasteiger partial charge on any atom is -0.481 e. The summed E-state index contributed by atoms with van der Waals surface area (Å²) in [4.78, 5) is 36.5. The molecule has 1 saturated carbocycles. The van der Waals surface area contributed by atoms with Crippen molar-refractivity contribution in [3.63, 3.8) is 0 Å². The number of carbonyl (C=O) groups excluding carboxylic acids is 2. The number of alkyl halides is 2. The van der Waals surface area contributed by atoms with Gasteiger partial charge < -0.3 is 20.1 Å². The molecule has 35 heavy (non-hydrogen) atoms. The van der Waals surface area contributed by atoms with Crippen LogP contribution < -0.4 is 5.32 Å². The van der Waals surface area contributed by atoms with Crippen LogP contribution in [0.1, 0.15) is 36.3 Å². The van der Waals surface area contributed by atoms with Gasteiger partial charge in [-0.05, 0) is 35.1 Å². The standard InChI is InChI=1S/C26H28F2N2O5/c1-30(13-7-6-12-22(31)32)24(33)23-21(26(23,27)28)14-29-25(34)35-15-20-18-10-4-2-8-16(18)17-9-3-5-11-19(17)20/h2-5,8-11,20-21,23H,6-7,12-15H2,1H3,(H,29,34)(H,31,32)/t21-,23-/m0/s1. The highest BCUT2D eigenvalue weighted by Gasteiger charge is 2.72. The van der Waals surface area contributed by atoms with Crippen molar-refractivity contribution >= 4 is 18.0 Å². The molecule has 2 amide bonds. The van der Waals surface area contributed by atoms with Crippen molar-refractivity contribution in [3.8, 4) is 11.1 Å². The number of rotatable bonds is 10. The molecule has 2 aliphatic carbocycles. The fraction of sp³-hybridized carbons (Fsp3) is 0.423. The highest BCUT2D eigenvalue weighted by atomic mass is 19.3. The third kappa shape index (κ3) is 5.13. The van der Waals surface area contributed by atoms with Gasteiger partial charge in [0.05, 0.1) is 5.92 Å². The molecule has 2 aromatic carbocycles. The average molecular weight is 487 g/mol. The molecular weight excluding hydrogens is 458 g/mol. The van der Waals surface area contributed by atoms with Crippen LogP contribution in [0, 0.1) is 11.8 Å². The number of nitrogens with one attached hydrogen (secondary N) is 1. The van der Waals surface area contributed by atoms with Crippen LogP contribution in [0.15, 0.2) is 48.5 Å². The SMILES string of the molecule is CN(CCCCC(=O)O)C(=O)[C@@H]1[C@H](CNC(=O)OCC2c3ccccc3-c3ccccc32)C1(F)F. The molecule has 0 radical (unpaired) electrons. The highest BCUT2D eigenvalue weighted by Crippen LogP contribution is 2.55. The second-order valence-corrected chi connectivity index (χ2v) is 9.08. The van der Waals surface area contributed by atoms with E-state index < -0.39 is 35.7 Å². The van der Waals surface area contributed by atoms with Crippen molar-refractivity contribution in [3.05, 3.63) is 59.7 Å². The Kier molecular flexibility index (Phi) is 7.05. The fourth-order valence-corrected chi connectivity index (χ4v) is 4.80. The van der Waals surface area contributed by atoms with Crippen LogP contribution in [0.3, 0.4) is 0 Å². The zero-order valence-electron chi connectivity index (χ0n) is 19.4. The van der Waals surface area contributed by atoms with E-state index in [1.165, 1.54) is 11.9 Å². The molecular formula is C26H28F2N2O5. The quantitative estimate of drug-likeness (QED) is 0.493. The largest absolute Gasteiger partial charge is 0.481 e. The summed E-state index contributed by atoms with van der Waals surface area (Å²) < 4.78 is 33.9. The molecule has 0 aliphatic heterocycles. The van der Waals surface area contributed by atoms with Crippen molar-refractivity contribution in [1.82, 2.24) is 10.2 Å². The molecule has 2 atom stereocenters. The number of halogens is 2. The first-order valence-electron chi connectivity index (χ1n) is 11.6. The zero-order chi connectivity index (χ0) is 25.2. The molecule has 1 fully saturated rings. The van der Waals surface area contributed by atoms with Gasteiger partial charge in [-0.3, -0.25) is 9.59 Å². The molecule has 4 rings (SSSR count). The smallest absolute Gasteiger partial charge is 0.407 e. The van der Waals surface area contributed by atoms with Crippen molar-refractivity contribution < 1.29 is 33.0 Å². The van der Waals surface area contributed by atoms with Crippen molar-refractivity contribution in [2.75, 3.05) is 26.7 Å². The molecule has 2 aliphatic rings. The van der Waals surface area contributed by atoms with Gasteiger partial charge in [-0.2, -0.15) is 0 Å². The summed E-state index contributed by atoms with van der Waals surface area (Å²) >= 11 is 0. The lowest BCUT2D eigenvalue weighted by Crippen LogP contribution is -2.32. The first-order valence-corrected chi connectivity index (χ1v) is 11.6. The first kappa shape index (κ1) is 24.6. The molecule has 9 heteroatoms. The van der Waals surface area contributed by atoms with Gasteiger partial charge in [0.2, 0.25) is 5.91 Å². The molecule has 2 aromatic rings. The number of amides is 2. The van der Waals surface area contributed by atoms with Crippen molar-refractivity contribution in [2.24, 2.45) is 11.8 Å². The second-order valence-electron chi connectivity index (χ2n) is 9.08. The van der Waals surface area contributed by atoms with E-state index in [-0.39, 0.29) is 32.0 Å². The monoisotopic (exact) mass is 486 g/mol. The first-order chi connectivity index (χ1) is 16.7. The number of carboxylic acid groups (broad SMARTS) is 1. The van der Waals surface area contributed by atoms with Gasteiger partial charge in [0.15, 0.2) is 0 Å². The van der Waals surface area contributed by atoms with E-state index in [1.807, 2.05) is 48.5 Å². The van der Waals surface area contributed by atoms with Gasteiger partial charge in [-0.15, -0.1) is 0 Å². The number of hydrogen-bond acceptors (Lipinski definition) is 4. The van der Waals surface area contributed by atoms with E-state index in [9.17, 15) is 23.2 Å². The van der Waals surface area contributed by atoms with Crippen LogP contribution in [0.4, 0.5) is 13.6 Å². The maximum absolute atomic E-state index is 14.3. The molecule has 0 spiro atoms. The number of benzene rings is 2. The number of hydrogen-bond donors (Lipinski definition) is 2. The third-order valence-corrected chi connectivity index (χ3v) is 6.79. The lowest BCUT2D eigenvalue weighted by atomic mass is 9.98. The molecule has 2 N–H and O–H groups in total. The summed E-state index contributed by atoms with van der Waals surface area (Å²) in [5.74, 6) is -7.78. The van der Waals surface area contributed by atoms with Crippen LogP contribution >= 0.6 is 0 Å². The van der Waals surface area contributed by atoms with Crippen LogP contribution in [-0.4, -0.2) is 60.6 Å². The average Bonchev–Trinajstić information content (AvgIpc) is 3.24. The number of ether oxygens (including phenoxy) is 1. The van der Waals surface area contributed by atoms with Gasteiger partial charge in [-0.25, -0.2) is 13.6 Å². The van der Waals surface area contributed by atoms with Gasteiger partial charge in [-0.1, -0.05) is 48.5 Å². The van der Waals surface area contributed by atoms with Crippen LogP contribution in [-0.2, 0) is 14.3 Å². The number of unbranched alkanes of at least 4 members (excludes halogenated alkanes) is 1. The Balaban J connectivity index is 1.26. The molecule has 0 bridgehead atoms. The molecule has 186 valence electrons. The molecule has 0 unspecified atom stereocenters. The number of alkyl carbamates (subject to hydrolysis) is 1. The van der Waals surface area contributed by atoms with Gasteiger partial charge >= 0.3 is 12.1 Å². The zero-order valence-corrected chi connectivity index (χ0v) is 19.4. The number of fused-ring (bicyclic) bond motifs is 3. The Hall–Kier alpha value is -3.49. The summed E-state index contributed by atoms with van der Waals surface area (Å²) in [5.41, 5.74) is 4.27. The Morgan fingerprint density at radius 1 is 1.03 bits per heavy atom. The second kappa shape index (κ2) is 10.0. The predicted octanol–water partition coefficient (Wildman–Crippen LogP) is 4.12. The number of aliphatic carboxylic acids is 1. The normalized spacial score (nSPS) is 19.4. The Labute approximate surface area is 202 Å². The summed E-state index contributed by atoms with van der Waals surface area (Å²) in [6.07, 6.45) is -0.0623. The van der Waals surface area contributed by atoms with Crippen LogP contribution in [0.25, 0.3) is 11.1 Å². The Bertz CT molecular complexity index is 1080. The van der Waals surface area contributed by atoms with Gasteiger partial charge in [0.1, 0.15) is 12.5 Å². The molecule has 0 aromatic heterocycles. The van der Waals surface area contributed by atoms with E-state index in [1.54, 1.807) is 0 Å². The maximum Gasteiger partial charge on any atom is 0.407 e. The predicted molar refractivity (Wildman–Crippen MR) is 124 cm³/mol. The number of carbonyl (C=O) groups is 3. The van der Waals surface area contributed by atoms with E-state index in [0.717, 1.165) is 22.3 Å². The minimum absolute atomic E-state index is 0.0334. The number of nitrogens with zero attached hydrogens (tertiary/aromatic N) is 1. The van der Waals surface area contributed by atoms with E-state index in [2.05, 4.69) is 5.32 Å². The minimum atomic E-state index is -3.21.